The highest BCUT2D eigenvalue weighted by Gasteiger charge is 2.25. The summed E-state index contributed by atoms with van der Waals surface area (Å²) in [6.45, 7) is 12.8. The molecule has 0 aliphatic rings. The predicted octanol–water partition coefficient (Wildman–Crippen LogP) is 3.88. The first-order valence-corrected chi connectivity index (χ1v) is 8.28. The Hall–Kier alpha value is -1.07. The summed E-state index contributed by atoms with van der Waals surface area (Å²) in [7, 11) is 1.63. The smallest absolute Gasteiger partial charge is 0.172 e. The summed E-state index contributed by atoms with van der Waals surface area (Å²) in [6.07, 6.45) is 0. The molecule has 0 amide bonds. The van der Waals surface area contributed by atoms with Crippen molar-refractivity contribution in [1.82, 2.24) is 0 Å². The molecule has 1 rings (SSSR count). The van der Waals surface area contributed by atoms with Gasteiger partial charge in [0.05, 0.1) is 12.8 Å². The molecule has 0 bridgehead atoms. The molecule has 0 fully saturated rings. The van der Waals surface area contributed by atoms with E-state index in [2.05, 4.69) is 52.9 Å². The number of nitrogens with one attached hydrogen (secondary N) is 1. The van der Waals surface area contributed by atoms with E-state index in [1.165, 1.54) is 5.56 Å². The SMILES string of the molecule is COc1c(NCS(=O)O)cc(C(C)(C)C)cc1C(C)(C)C. The Labute approximate surface area is 130 Å². The van der Waals surface area contributed by atoms with Crippen LogP contribution >= 0.6 is 0 Å². The molecule has 5 heteroatoms. The highest BCUT2D eigenvalue weighted by Crippen LogP contribution is 2.40. The zero-order valence-corrected chi connectivity index (χ0v) is 14.9. The highest BCUT2D eigenvalue weighted by molar-refractivity contribution is 7.79. The van der Waals surface area contributed by atoms with E-state index < -0.39 is 11.1 Å². The quantitative estimate of drug-likeness (QED) is 0.828. The molecule has 0 aliphatic carbocycles. The first-order chi connectivity index (χ1) is 9.46. The van der Waals surface area contributed by atoms with Gasteiger partial charge in [0.1, 0.15) is 11.6 Å². The van der Waals surface area contributed by atoms with Crippen molar-refractivity contribution in [2.24, 2.45) is 0 Å². The van der Waals surface area contributed by atoms with Crippen molar-refractivity contribution >= 4 is 16.8 Å². The van der Waals surface area contributed by atoms with Crippen molar-refractivity contribution in [1.29, 1.82) is 0 Å². The third kappa shape index (κ3) is 4.71. The first kappa shape index (κ1) is 18.0. The van der Waals surface area contributed by atoms with Gasteiger partial charge in [0.25, 0.3) is 0 Å². The van der Waals surface area contributed by atoms with Crippen LogP contribution in [0.3, 0.4) is 0 Å². The molecule has 1 aromatic carbocycles. The first-order valence-electron chi connectivity index (χ1n) is 7.01. The number of benzene rings is 1. The highest BCUT2D eigenvalue weighted by atomic mass is 32.2. The van der Waals surface area contributed by atoms with Crippen molar-refractivity contribution in [3.8, 4) is 5.75 Å². The Balaban J connectivity index is 3.48. The van der Waals surface area contributed by atoms with Gasteiger partial charge in [-0.3, -0.25) is 0 Å². The molecular formula is C16H27NO3S. The summed E-state index contributed by atoms with van der Waals surface area (Å²) in [5.74, 6) is 0.717. The summed E-state index contributed by atoms with van der Waals surface area (Å²) in [5.41, 5.74) is 2.92. The van der Waals surface area contributed by atoms with E-state index >= 15 is 0 Å². The zero-order valence-electron chi connectivity index (χ0n) is 14.0. The average molecular weight is 313 g/mol. The monoisotopic (exact) mass is 313 g/mol. The largest absolute Gasteiger partial charge is 0.494 e. The van der Waals surface area contributed by atoms with Gasteiger partial charge in [0, 0.05) is 5.56 Å². The van der Waals surface area contributed by atoms with Gasteiger partial charge in [0.2, 0.25) is 0 Å². The lowest BCUT2D eigenvalue weighted by molar-refractivity contribution is 0.398. The van der Waals surface area contributed by atoms with Crippen LogP contribution in [-0.4, -0.2) is 21.7 Å². The van der Waals surface area contributed by atoms with Gasteiger partial charge < -0.3 is 14.6 Å². The number of ether oxygens (including phenoxy) is 1. The minimum absolute atomic E-state index is 0.0128. The van der Waals surface area contributed by atoms with E-state index in [0.29, 0.717) is 0 Å². The Morgan fingerprint density at radius 3 is 2.10 bits per heavy atom. The third-order valence-corrected chi connectivity index (χ3v) is 3.74. The van der Waals surface area contributed by atoms with Crippen LogP contribution in [0.5, 0.6) is 5.75 Å². The van der Waals surface area contributed by atoms with Gasteiger partial charge in [-0.2, -0.15) is 0 Å². The van der Waals surface area contributed by atoms with Crippen LogP contribution in [0.4, 0.5) is 5.69 Å². The van der Waals surface area contributed by atoms with Gasteiger partial charge in [-0.1, -0.05) is 47.6 Å². The van der Waals surface area contributed by atoms with Crippen LogP contribution < -0.4 is 10.1 Å². The third-order valence-electron chi connectivity index (χ3n) is 3.35. The molecule has 0 aliphatic heterocycles. The molecule has 120 valence electrons. The normalized spacial score (nSPS) is 13.9. The zero-order chi connectivity index (χ0) is 16.4. The topological polar surface area (TPSA) is 58.6 Å². The van der Waals surface area contributed by atoms with Crippen LogP contribution in [0.25, 0.3) is 0 Å². The van der Waals surface area contributed by atoms with E-state index in [9.17, 15) is 4.21 Å². The predicted molar refractivity (Wildman–Crippen MR) is 89.7 cm³/mol. The lowest BCUT2D eigenvalue weighted by Gasteiger charge is -2.29. The van der Waals surface area contributed by atoms with Crippen molar-refractivity contribution in [3.05, 3.63) is 23.3 Å². The van der Waals surface area contributed by atoms with E-state index in [1.807, 2.05) is 6.07 Å². The lowest BCUT2D eigenvalue weighted by Crippen LogP contribution is -2.19. The number of hydrogen-bond acceptors (Lipinski definition) is 3. The van der Waals surface area contributed by atoms with Crippen LogP contribution in [0, 0.1) is 0 Å². The van der Waals surface area contributed by atoms with Crippen molar-refractivity contribution < 1.29 is 13.5 Å². The van der Waals surface area contributed by atoms with Crippen LogP contribution in [-0.2, 0) is 21.9 Å². The fourth-order valence-corrected chi connectivity index (χ4v) is 2.39. The molecule has 0 aromatic heterocycles. The molecule has 1 aromatic rings. The molecule has 4 nitrogen and oxygen atoms in total. The maximum Gasteiger partial charge on any atom is 0.172 e. The number of methoxy groups -OCH3 is 1. The minimum atomic E-state index is -1.90. The van der Waals surface area contributed by atoms with Gasteiger partial charge in [0.15, 0.2) is 11.1 Å². The number of anilines is 1. The Bertz CT molecular complexity index is 528. The second-order valence-corrected chi connectivity index (χ2v) is 8.18. The molecule has 0 radical (unpaired) electrons. The van der Waals surface area contributed by atoms with Gasteiger partial charge in [-0.25, -0.2) is 4.21 Å². The maximum absolute atomic E-state index is 10.9. The molecule has 0 saturated carbocycles. The molecule has 21 heavy (non-hydrogen) atoms. The van der Waals surface area contributed by atoms with E-state index in [0.717, 1.165) is 17.0 Å². The fourth-order valence-electron chi connectivity index (χ4n) is 2.11. The summed E-state index contributed by atoms with van der Waals surface area (Å²) >= 11 is -1.90. The summed E-state index contributed by atoms with van der Waals surface area (Å²) in [6, 6.07) is 4.17. The summed E-state index contributed by atoms with van der Waals surface area (Å²) < 4.78 is 25.5. The number of hydrogen-bond donors (Lipinski definition) is 2. The van der Waals surface area contributed by atoms with Crippen LogP contribution in [0.15, 0.2) is 12.1 Å². The second kappa shape index (κ2) is 6.36. The molecule has 0 saturated heterocycles. The molecular weight excluding hydrogens is 286 g/mol. The molecule has 1 unspecified atom stereocenters. The van der Waals surface area contributed by atoms with E-state index in [1.54, 1.807) is 7.11 Å². The summed E-state index contributed by atoms with van der Waals surface area (Å²) in [5, 5.41) is 3.01. The van der Waals surface area contributed by atoms with E-state index in [-0.39, 0.29) is 16.7 Å². The molecule has 1 atom stereocenters. The lowest BCUT2D eigenvalue weighted by atomic mass is 9.79. The van der Waals surface area contributed by atoms with E-state index in [4.69, 9.17) is 9.29 Å². The Morgan fingerprint density at radius 1 is 1.14 bits per heavy atom. The average Bonchev–Trinajstić information content (AvgIpc) is 2.32. The van der Waals surface area contributed by atoms with Crippen molar-refractivity contribution in [2.75, 3.05) is 18.3 Å². The van der Waals surface area contributed by atoms with Crippen molar-refractivity contribution in [2.45, 2.75) is 52.4 Å². The van der Waals surface area contributed by atoms with Gasteiger partial charge in [-0.05, 0) is 22.5 Å². The fraction of sp³-hybridized carbons (Fsp3) is 0.625. The molecule has 0 heterocycles. The number of rotatable bonds is 4. The molecule has 0 spiro atoms. The Morgan fingerprint density at radius 2 is 1.71 bits per heavy atom. The summed E-state index contributed by atoms with van der Waals surface area (Å²) in [4.78, 5) is 0. The molecule has 2 N–H and O–H groups in total. The van der Waals surface area contributed by atoms with Crippen LogP contribution in [0.2, 0.25) is 0 Å². The minimum Gasteiger partial charge on any atom is -0.494 e. The van der Waals surface area contributed by atoms with Gasteiger partial charge >= 0.3 is 0 Å². The van der Waals surface area contributed by atoms with Crippen LogP contribution in [0.1, 0.15) is 52.7 Å². The van der Waals surface area contributed by atoms with Gasteiger partial charge in [-0.15, -0.1) is 0 Å². The standard InChI is InChI=1S/C16H27NO3S/c1-15(2,3)11-8-12(16(4,5)6)14(20-7)13(9-11)17-10-21(18)19/h8-9,17H,10H2,1-7H3,(H,18,19). The maximum atomic E-state index is 10.9. The second-order valence-electron chi connectivity index (χ2n) is 7.25. The van der Waals surface area contributed by atoms with Crippen molar-refractivity contribution in [3.63, 3.8) is 0 Å². The Kier molecular flexibility index (Phi) is 5.45.